The molecule has 168 valence electrons. The van der Waals surface area contributed by atoms with Gasteiger partial charge in [-0.1, -0.05) is 23.9 Å². The van der Waals surface area contributed by atoms with E-state index >= 15 is 0 Å². The molecule has 12 heteroatoms. The maximum Gasteiger partial charge on any atom is 2.00 e. The summed E-state index contributed by atoms with van der Waals surface area (Å²) in [5.41, 5.74) is 1.46. The summed E-state index contributed by atoms with van der Waals surface area (Å²) in [7, 11) is -3.47. The number of halogens is 1. The molecule has 0 aliphatic heterocycles. The minimum atomic E-state index is -4.94. The third kappa shape index (κ3) is 12.7. The van der Waals surface area contributed by atoms with Crippen molar-refractivity contribution in [1.29, 1.82) is 0 Å². The fourth-order valence-electron chi connectivity index (χ4n) is 2.29. The van der Waals surface area contributed by atoms with Crippen LogP contribution in [0.25, 0.3) is 0 Å². The second-order valence-electron chi connectivity index (χ2n) is 5.61. The first-order valence-electron chi connectivity index (χ1n) is 8.43. The van der Waals surface area contributed by atoms with Gasteiger partial charge in [0.1, 0.15) is 5.75 Å². The molecule has 10 nitrogen and oxygen atoms in total. The van der Waals surface area contributed by atoms with Crippen LogP contribution in [0.5, 0.6) is 11.5 Å². The molecule has 0 spiro atoms. The number of aliphatic hydroxyl groups excluding tert-OH is 1. The molecule has 0 atom stereocenters. The topological polar surface area (TPSA) is 173 Å². The summed E-state index contributed by atoms with van der Waals surface area (Å²) < 4.78 is 39.0. The van der Waals surface area contributed by atoms with E-state index in [9.17, 15) is 10.2 Å². The number of rotatable bonds is 9. The Morgan fingerprint density at radius 3 is 2.40 bits per heavy atom. The molecule has 2 aromatic rings. The second-order valence-corrected chi connectivity index (χ2v) is 6.37. The molecule has 1 aromatic carbocycles. The van der Waals surface area contributed by atoms with Crippen LogP contribution < -0.4 is 28.5 Å². The molecule has 0 fully saturated rings. The summed E-state index contributed by atoms with van der Waals surface area (Å²) in [6.45, 7) is 2.49. The van der Waals surface area contributed by atoms with Crippen LogP contribution in [0.3, 0.4) is 0 Å². The molecule has 0 radical (unpaired) electrons. The van der Waals surface area contributed by atoms with E-state index in [1.54, 1.807) is 30.6 Å². The predicted octanol–water partition coefficient (Wildman–Crippen LogP) is -3.68. The Bertz CT molecular complexity index is 742. The van der Waals surface area contributed by atoms with Crippen LogP contribution in [0, 0.1) is 10.2 Å². The molecular formula is C18H22ClN3NiO7. The molecule has 1 aromatic heterocycles. The maximum atomic E-state index is 12.0. The SMILES string of the molecule is COc1cccc(C=NCCN(CCO)Cc2ccccn2)c1[O-].[Ni+2].[O-][Cl+3]([O-])([O-])[O-]. The molecule has 1 heterocycles. The Morgan fingerprint density at radius 1 is 1.13 bits per heavy atom. The van der Waals surface area contributed by atoms with Crippen molar-refractivity contribution in [2.45, 2.75) is 6.54 Å². The van der Waals surface area contributed by atoms with Crippen molar-refractivity contribution in [3.8, 4) is 11.5 Å². The van der Waals surface area contributed by atoms with Gasteiger partial charge in [-0.05, 0) is 23.8 Å². The van der Waals surface area contributed by atoms with Crippen molar-refractivity contribution in [3.63, 3.8) is 0 Å². The number of nitrogens with zero attached hydrogens (tertiary/aromatic N) is 3. The van der Waals surface area contributed by atoms with E-state index in [4.69, 9.17) is 23.4 Å². The Kier molecular flexibility index (Phi) is 14.1. The maximum absolute atomic E-state index is 12.0. The summed E-state index contributed by atoms with van der Waals surface area (Å²) in [5.74, 6) is 0.153. The Hall–Kier alpha value is -1.82. The second kappa shape index (κ2) is 15.1. The van der Waals surface area contributed by atoms with Crippen LogP contribution >= 0.6 is 0 Å². The van der Waals surface area contributed by atoms with Gasteiger partial charge in [0, 0.05) is 32.0 Å². The first kappa shape index (κ1) is 28.2. The number of hydrogen-bond donors (Lipinski definition) is 1. The van der Waals surface area contributed by atoms with Gasteiger partial charge in [-0.15, -0.1) is 10.2 Å². The van der Waals surface area contributed by atoms with Gasteiger partial charge < -0.3 is 14.9 Å². The van der Waals surface area contributed by atoms with Crippen LogP contribution in [-0.2, 0) is 23.0 Å². The van der Waals surface area contributed by atoms with Gasteiger partial charge >= 0.3 is 16.5 Å². The monoisotopic (exact) mass is 485 g/mol. The molecule has 0 saturated carbocycles. The van der Waals surface area contributed by atoms with E-state index in [2.05, 4.69) is 14.9 Å². The average molecular weight is 487 g/mol. The number of para-hydroxylation sites is 1. The van der Waals surface area contributed by atoms with Crippen LogP contribution in [0.15, 0.2) is 47.6 Å². The Morgan fingerprint density at radius 2 is 1.83 bits per heavy atom. The smallest absolute Gasteiger partial charge is 0.870 e. The van der Waals surface area contributed by atoms with Crippen molar-refractivity contribution < 1.29 is 60.3 Å². The molecule has 0 amide bonds. The average Bonchev–Trinajstić information content (AvgIpc) is 2.66. The zero-order valence-corrected chi connectivity index (χ0v) is 17.8. The Balaban J connectivity index is 0.00000125. The zero-order chi connectivity index (χ0) is 21.7. The number of benzene rings is 1. The van der Waals surface area contributed by atoms with Gasteiger partial charge in [0.2, 0.25) is 0 Å². The number of aliphatic hydroxyl groups is 1. The number of methoxy groups -OCH3 is 1. The summed E-state index contributed by atoms with van der Waals surface area (Å²) in [6.07, 6.45) is 3.33. The minimum absolute atomic E-state index is 0. The zero-order valence-electron chi connectivity index (χ0n) is 16.1. The van der Waals surface area contributed by atoms with E-state index < -0.39 is 10.2 Å². The standard InChI is InChI=1S/C18H23N3O3.ClHO4.Ni/c1-24-17-7-4-5-15(18(17)23)13-19-9-10-21(11-12-22)14-16-6-2-3-8-20-16;2-1(3,4)5;/h2-8,13,22-23H,9-12,14H2,1H3;(H,2,3,4,5);/q;;+2/p-2. The van der Waals surface area contributed by atoms with Gasteiger partial charge in [0.15, 0.2) is 0 Å². The summed E-state index contributed by atoms with van der Waals surface area (Å²) in [5, 5.41) is 21.2. The molecule has 2 rings (SSSR count). The van der Waals surface area contributed by atoms with Gasteiger partial charge in [-0.3, -0.25) is 14.9 Å². The number of aromatic nitrogens is 1. The van der Waals surface area contributed by atoms with Gasteiger partial charge in [-0.25, -0.2) is 18.6 Å². The molecule has 0 saturated heterocycles. The van der Waals surface area contributed by atoms with E-state index in [0.29, 0.717) is 37.5 Å². The van der Waals surface area contributed by atoms with Crippen LogP contribution in [0.4, 0.5) is 0 Å². The van der Waals surface area contributed by atoms with Crippen molar-refractivity contribution >= 4 is 6.21 Å². The molecule has 0 unspecified atom stereocenters. The van der Waals surface area contributed by atoms with Crippen molar-refractivity contribution in [2.75, 3.05) is 33.4 Å². The Labute approximate surface area is 186 Å². The van der Waals surface area contributed by atoms with Crippen molar-refractivity contribution in [1.82, 2.24) is 9.88 Å². The van der Waals surface area contributed by atoms with E-state index in [1.807, 2.05) is 18.2 Å². The van der Waals surface area contributed by atoms with Crippen molar-refractivity contribution in [2.24, 2.45) is 4.99 Å². The van der Waals surface area contributed by atoms with Gasteiger partial charge in [-0.2, -0.15) is 0 Å². The number of hydrogen-bond acceptors (Lipinski definition) is 10. The van der Waals surface area contributed by atoms with E-state index in [0.717, 1.165) is 5.69 Å². The summed E-state index contributed by atoms with van der Waals surface area (Å²) >= 11 is 0. The van der Waals surface area contributed by atoms with E-state index in [1.165, 1.54) is 7.11 Å². The predicted molar refractivity (Wildman–Crippen MR) is 91.5 cm³/mol. The largest absolute Gasteiger partial charge is 2.00 e. The fraction of sp³-hybridized carbons (Fsp3) is 0.333. The summed E-state index contributed by atoms with van der Waals surface area (Å²) in [4.78, 5) is 10.7. The van der Waals surface area contributed by atoms with Crippen LogP contribution in [-0.4, -0.2) is 54.6 Å². The molecular weight excluding hydrogens is 464 g/mol. The molecule has 30 heavy (non-hydrogen) atoms. The third-order valence-electron chi connectivity index (χ3n) is 3.53. The molecule has 1 N–H and O–H groups in total. The van der Waals surface area contributed by atoms with Gasteiger partial charge in [0.05, 0.1) is 26.0 Å². The number of ether oxygens (including phenoxy) is 1. The molecule has 0 aliphatic carbocycles. The van der Waals surface area contributed by atoms with Crippen LogP contribution in [0.2, 0.25) is 0 Å². The minimum Gasteiger partial charge on any atom is -0.870 e. The number of aliphatic imine (C=N–C) groups is 1. The fourth-order valence-corrected chi connectivity index (χ4v) is 2.29. The quantitative estimate of drug-likeness (QED) is 0.277. The number of pyridine rings is 1. The van der Waals surface area contributed by atoms with E-state index in [-0.39, 0.29) is 28.8 Å². The molecule has 0 aliphatic rings. The van der Waals surface area contributed by atoms with Gasteiger partial charge in [0.25, 0.3) is 0 Å². The first-order chi connectivity index (χ1) is 13.7. The van der Waals surface area contributed by atoms with Crippen molar-refractivity contribution in [3.05, 3.63) is 53.9 Å². The normalized spacial score (nSPS) is 11.0. The first-order valence-corrected chi connectivity index (χ1v) is 9.66. The summed E-state index contributed by atoms with van der Waals surface area (Å²) in [6, 6.07) is 10.9. The molecule has 0 bridgehead atoms. The van der Waals surface area contributed by atoms with Crippen LogP contribution in [0.1, 0.15) is 11.3 Å². The third-order valence-corrected chi connectivity index (χ3v) is 3.53.